The van der Waals surface area contributed by atoms with Gasteiger partial charge < -0.3 is 15.0 Å². The summed E-state index contributed by atoms with van der Waals surface area (Å²) in [6.45, 7) is 10.0. The molecule has 0 aliphatic rings. The van der Waals surface area contributed by atoms with Gasteiger partial charge in [0.25, 0.3) is 10.0 Å². The molecule has 0 heterocycles. The lowest BCUT2D eigenvalue weighted by atomic mass is 10.0. The molecule has 0 radical (unpaired) electrons. The quantitative estimate of drug-likeness (QED) is 0.212. The highest BCUT2D eigenvalue weighted by molar-refractivity contribution is 7.92. The minimum Gasteiger partial charge on any atom is -0.497 e. The first-order valence-corrected chi connectivity index (χ1v) is 16.3. The van der Waals surface area contributed by atoms with Gasteiger partial charge in [0, 0.05) is 13.1 Å². The molecular weight excluding hydrogens is 562 g/mol. The Bertz CT molecular complexity index is 1450. The van der Waals surface area contributed by atoms with Gasteiger partial charge in [0.1, 0.15) is 18.3 Å². The molecule has 0 bridgehead atoms. The summed E-state index contributed by atoms with van der Waals surface area (Å²) in [6, 6.07) is 20.3. The highest BCUT2D eigenvalue weighted by atomic mass is 32.2. The number of hydrogen-bond donors (Lipinski definition) is 1. The molecule has 0 fully saturated rings. The molecule has 43 heavy (non-hydrogen) atoms. The third kappa shape index (κ3) is 8.83. The smallest absolute Gasteiger partial charge is 0.264 e. The molecule has 0 aromatic heterocycles. The Labute approximate surface area is 257 Å². The first-order chi connectivity index (χ1) is 20.5. The van der Waals surface area contributed by atoms with E-state index in [2.05, 4.69) is 19.2 Å². The summed E-state index contributed by atoms with van der Waals surface area (Å²) < 4.78 is 34.7. The van der Waals surface area contributed by atoms with Crippen LogP contribution in [-0.4, -0.2) is 51.4 Å². The lowest BCUT2D eigenvalue weighted by Gasteiger charge is -2.33. The zero-order chi connectivity index (χ0) is 31.6. The molecule has 8 nitrogen and oxygen atoms in total. The van der Waals surface area contributed by atoms with E-state index in [-0.39, 0.29) is 23.3 Å². The van der Waals surface area contributed by atoms with Crippen LogP contribution in [-0.2, 0) is 26.2 Å². The normalized spacial score (nSPS) is 12.1. The van der Waals surface area contributed by atoms with Gasteiger partial charge >= 0.3 is 0 Å². The Balaban J connectivity index is 2.06. The first-order valence-electron chi connectivity index (χ1n) is 14.9. The minimum absolute atomic E-state index is 0.0857. The van der Waals surface area contributed by atoms with Gasteiger partial charge in [-0.25, -0.2) is 8.42 Å². The van der Waals surface area contributed by atoms with Crippen LogP contribution in [0.25, 0.3) is 0 Å². The maximum Gasteiger partial charge on any atom is 0.264 e. The third-order valence-corrected chi connectivity index (χ3v) is 9.23. The van der Waals surface area contributed by atoms with Gasteiger partial charge in [-0.05, 0) is 73.2 Å². The number of carbonyl (C=O) groups excluding carboxylic acids is 2. The van der Waals surface area contributed by atoms with Crippen LogP contribution in [0.5, 0.6) is 5.75 Å². The molecule has 2 amide bonds. The number of benzene rings is 3. The van der Waals surface area contributed by atoms with Gasteiger partial charge in [-0.2, -0.15) is 0 Å². The summed E-state index contributed by atoms with van der Waals surface area (Å²) in [5.41, 5.74) is 3.12. The largest absolute Gasteiger partial charge is 0.497 e. The van der Waals surface area contributed by atoms with E-state index in [1.54, 1.807) is 49.6 Å². The minimum atomic E-state index is -4.12. The van der Waals surface area contributed by atoms with Crippen molar-refractivity contribution in [2.24, 2.45) is 0 Å². The second-order valence-corrected chi connectivity index (χ2v) is 12.9. The number of unbranched alkanes of at least 4 members (excludes halogenated alkanes) is 1. The van der Waals surface area contributed by atoms with Crippen molar-refractivity contribution in [1.82, 2.24) is 10.2 Å². The van der Waals surface area contributed by atoms with Gasteiger partial charge in [-0.1, -0.05) is 76.1 Å². The van der Waals surface area contributed by atoms with Crippen molar-refractivity contribution in [1.29, 1.82) is 0 Å². The van der Waals surface area contributed by atoms with Crippen LogP contribution < -0.4 is 14.4 Å². The molecule has 0 aliphatic heterocycles. The fourth-order valence-corrected chi connectivity index (χ4v) is 6.20. The van der Waals surface area contributed by atoms with Crippen molar-refractivity contribution in [3.8, 4) is 5.75 Å². The number of aryl methyl sites for hydroxylation is 1. The van der Waals surface area contributed by atoms with E-state index >= 15 is 0 Å². The van der Waals surface area contributed by atoms with Crippen molar-refractivity contribution in [3.63, 3.8) is 0 Å². The third-order valence-electron chi connectivity index (χ3n) is 7.44. The van der Waals surface area contributed by atoms with Gasteiger partial charge in [0.2, 0.25) is 11.8 Å². The molecule has 0 unspecified atom stereocenters. The maximum absolute atomic E-state index is 14.2. The molecule has 0 spiro atoms. The summed E-state index contributed by atoms with van der Waals surface area (Å²) in [7, 11) is -2.56. The molecule has 0 saturated heterocycles. The number of anilines is 1. The standard InChI is InChI=1S/C34H45N3O5S/c1-7-9-21-35-34(39)32(8-2)36(23-27-11-10-12-30(22-27)42-6)33(38)24-37(29-17-15-28(16-18-29)25(3)4)43(40,41)31-19-13-26(5)14-20-31/h10-20,22,25,32H,7-9,21,23-24H2,1-6H3,(H,35,39)/t32-/m0/s1. The average Bonchev–Trinajstić information content (AvgIpc) is 3.00. The first kappa shape index (κ1) is 33.6. The summed E-state index contributed by atoms with van der Waals surface area (Å²) in [4.78, 5) is 29.2. The van der Waals surface area contributed by atoms with Gasteiger partial charge in [-0.3, -0.25) is 13.9 Å². The molecule has 3 rings (SSSR count). The zero-order valence-electron chi connectivity index (χ0n) is 26.2. The fourth-order valence-electron chi connectivity index (χ4n) is 4.78. The molecule has 0 aliphatic carbocycles. The number of nitrogens with one attached hydrogen (secondary N) is 1. The second kappa shape index (κ2) is 15.6. The number of methoxy groups -OCH3 is 1. The van der Waals surface area contributed by atoms with E-state index in [1.165, 1.54) is 4.90 Å². The molecular formula is C34H45N3O5S. The van der Waals surface area contributed by atoms with E-state index in [0.717, 1.165) is 33.8 Å². The summed E-state index contributed by atoms with van der Waals surface area (Å²) in [6.07, 6.45) is 2.10. The van der Waals surface area contributed by atoms with Crippen molar-refractivity contribution in [3.05, 3.63) is 89.5 Å². The summed E-state index contributed by atoms with van der Waals surface area (Å²) in [5, 5.41) is 2.95. The lowest BCUT2D eigenvalue weighted by molar-refractivity contribution is -0.140. The van der Waals surface area contributed by atoms with E-state index in [4.69, 9.17) is 4.74 Å². The number of ether oxygens (including phenoxy) is 1. The number of rotatable bonds is 15. The summed E-state index contributed by atoms with van der Waals surface area (Å²) >= 11 is 0. The van der Waals surface area contributed by atoms with E-state index in [9.17, 15) is 18.0 Å². The Morgan fingerprint density at radius 3 is 2.21 bits per heavy atom. The predicted octanol–water partition coefficient (Wildman–Crippen LogP) is 6.05. The summed E-state index contributed by atoms with van der Waals surface area (Å²) in [5.74, 6) is 0.136. The number of hydrogen-bond acceptors (Lipinski definition) is 5. The Kier molecular flexibility index (Phi) is 12.2. The molecule has 9 heteroatoms. The van der Waals surface area contributed by atoms with E-state index in [1.807, 2.05) is 51.1 Å². The Hall–Kier alpha value is -3.85. The van der Waals surface area contributed by atoms with Crippen LogP contribution in [0.15, 0.2) is 77.7 Å². The van der Waals surface area contributed by atoms with Crippen molar-refractivity contribution >= 4 is 27.5 Å². The van der Waals surface area contributed by atoms with Gasteiger partial charge in [-0.15, -0.1) is 0 Å². The van der Waals surface area contributed by atoms with Crippen LogP contribution in [0.1, 0.15) is 69.6 Å². The Morgan fingerprint density at radius 1 is 0.953 bits per heavy atom. The monoisotopic (exact) mass is 607 g/mol. The average molecular weight is 608 g/mol. The second-order valence-electron chi connectivity index (χ2n) is 11.0. The van der Waals surface area contributed by atoms with Gasteiger partial charge in [0.05, 0.1) is 17.7 Å². The SMILES string of the molecule is CCCCNC(=O)[C@H](CC)N(Cc1cccc(OC)c1)C(=O)CN(c1ccc(C(C)C)cc1)S(=O)(=O)c1ccc(C)cc1. The fraction of sp³-hybridized carbons (Fsp3) is 0.412. The van der Waals surface area contributed by atoms with Crippen molar-refractivity contribution in [2.75, 3.05) is 24.5 Å². The highest BCUT2D eigenvalue weighted by Gasteiger charge is 2.33. The van der Waals surface area contributed by atoms with E-state index < -0.39 is 28.5 Å². The van der Waals surface area contributed by atoms with Crippen molar-refractivity contribution < 1.29 is 22.7 Å². The zero-order valence-corrected chi connectivity index (χ0v) is 27.0. The Morgan fingerprint density at radius 2 is 1.63 bits per heavy atom. The molecule has 0 saturated carbocycles. The molecule has 1 atom stereocenters. The molecule has 3 aromatic rings. The number of amides is 2. The number of nitrogens with zero attached hydrogens (tertiary/aromatic N) is 2. The maximum atomic E-state index is 14.2. The predicted molar refractivity (Wildman–Crippen MR) is 172 cm³/mol. The van der Waals surface area contributed by atoms with Gasteiger partial charge in [0.15, 0.2) is 0 Å². The molecule has 232 valence electrons. The van der Waals surface area contributed by atoms with Crippen LogP contribution in [0.4, 0.5) is 5.69 Å². The number of sulfonamides is 1. The van der Waals surface area contributed by atoms with Crippen LogP contribution >= 0.6 is 0 Å². The molecule has 3 aromatic carbocycles. The lowest BCUT2D eigenvalue weighted by Crippen LogP contribution is -2.52. The van der Waals surface area contributed by atoms with E-state index in [0.29, 0.717) is 24.4 Å². The highest BCUT2D eigenvalue weighted by Crippen LogP contribution is 2.27. The van der Waals surface area contributed by atoms with Crippen molar-refractivity contribution in [2.45, 2.75) is 77.3 Å². The van der Waals surface area contributed by atoms with Crippen LogP contribution in [0.2, 0.25) is 0 Å². The topological polar surface area (TPSA) is 96.0 Å². The van der Waals surface area contributed by atoms with Crippen LogP contribution in [0.3, 0.4) is 0 Å². The van der Waals surface area contributed by atoms with Crippen LogP contribution in [0, 0.1) is 6.92 Å². The molecule has 1 N–H and O–H groups in total. The number of carbonyl (C=O) groups is 2.